The van der Waals surface area contributed by atoms with Gasteiger partial charge in [0.25, 0.3) is 11.5 Å². The Hall–Kier alpha value is -2.56. The summed E-state index contributed by atoms with van der Waals surface area (Å²) in [6.07, 6.45) is 1.57. The van der Waals surface area contributed by atoms with E-state index in [4.69, 9.17) is 4.74 Å². The second kappa shape index (κ2) is 6.26. The van der Waals surface area contributed by atoms with Crippen molar-refractivity contribution >= 4 is 11.6 Å². The first-order chi connectivity index (χ1) is 9.97. The average molecular weight is 286 g/mol. The Balaban J connectivity index is 2.23. The van der Waals surface area contributed by atoms with Crippen molar-refractivity contribution in [2.45, 2.75) is 20.0 Å². The van der Waals surface area contributed by atoms with Gasteiger partial charge in [-0.15, -0.1) is 0 Å². The highest BCUT2D eigenvalue weighted by molar-refractivity contribution is 6.04. The molecule has 0 saturated carbocycles. The fourth-order valence-electron chi connectivity index (χ4n) is 1.81. The lowest BCUT2D eigenvalue weighted by Crippen LogP contribution is -2.20. The van der Waals surface area contributed by atoms with Gasteiger partial charge in [-0.2, -0.15) is 0 Å². The van der Waals surface area contributed by atoms with E-state index in [1.807, 2.05) is 26.0 Å². The molecule has 110 valence electrons. The molecule has 0 spiro atoms. The first-order valence-corrected chi connectivity index (χ1v) is 6.71. The fraction of sp³-hybridized carbons (Fsp3) is 0.250. The van der Waals surface area contributed by atoms with Gasteiger partial charge in [0.05, 0.1) is 11.8 Å². The smallest absolute Gasteiger partial charge is 0.256 e. The van der Waals surface area contributed by atoms with E-state index < -0.39 is 0 Å². The number of hydrogen-bond acceptors (Lipinski definition) is 3. The van der Waals surface area contributed by atoms with Gasteiger partial charge in [-0.3, -0.25) is 9.59 Å². The van der Waals surface area contributed by atoms with Gasteiger partial charge in [-0.25, -0.2) is 0 Å². The van der Waals surface area contributed by atoms with Gasteiger partial charge in [-0.05, 0) is 32.0 Å². The molecule has 5 heteroatoms. The molecular weight excluding hydrogens is 268 g/mol. The zero-order chi connectivity index (χ0) is 15.4. The molecule has 0 bridgehead atoms. The largest absolute Gasteiger partial charge is 0.489 e. The molecule has 1 amide bonds. The number of benzene rings is 1. The van der Waals surface area contributed by atoms with Crippen LogP contribution in [0, 0.1) is 0 Å². The number of amides is 1. The normalized spacial score (nSPS) is 10.5. The number of carbonyl (C=O) groups excluding carboxylic acids is 1. The molecule has 0 unspecified atom stereocenters. The summed E-state index contributed by atoms with van der Waals surface area (Å²) in [5.41, 5.74) is 0.670. The number of carbonyl (C=O) groups is 1. The van der Waals surface area contributed by atoms with Crippen LogP contribution in [-0.2, 0) is 7.05 Å². The highest BCUT2D eigenvalue weighted by atomic mass is 16.5. The molecule has 0 saturated heterocycles. The van der Waals surface area contributed by atoms with Gasteiger partial charge in [0.1, 0.15) is 5.75 Å². The summed E-state index contributed by atoms with van der Waals surface area (Å²) in [4.78, 5) is 23.8. The van der Waals surface area contributed by atoms with Gasteiger partial charge in [0, 0.05) is 24.9 Å². The van der Waals surface area contributed by atoms with E-state index in [-0.39, 0.29) is 17.6 Å². The molecule has 1 N–H and O–H groups in total. The minimum Gasteiger partial charge on any atom is -0.489 e. The third-order valence-corrected chi connectivity index (χ3v) is 2.86. The van der Waals surface area contributed by atoms with Gasteiger partial charge in [-0.1, -0.05) is 12.1 Å². The molecular formula is C16H18N2O3. The van der Waals surface area contributed by atoms with Crippen LogP contribution in [0.2, 0.25) is 0 Å². The number of aryl methyl sites for hydroxylation is 1. The van der Waals surface area contributed by atoms with Crippen molar-refractivity contribution in [1.82, 2.24) is 4.57 Å². The molecule has 1 aromatic heterocycles. The summed E-state index contributed by atoms with van der Waals surface area (Å²) in [5.74, 6) is 0.261. The van der Waals surface area contributed by atoms with Crippen molar-refractivity contribution in [3.05, 3.63) is 58.5 Å². The average Bonchev–Trinajstić information content (AvgIpc) is 2.43. The predicted molar refractivity (Wildman–Crippen MR) is 81.8 cm³/mol. The van der Waals surface area contributed by atoms with Gasteiger partial charge in [0.15, 0.2) is 0 Å². The molecule has 0 fully saturated rings. The number of para-hydroxylation sites is 2. The lowest BCUT2D eigenvalue weighted by atomic mass is 10.2. The monoisotopic (exact) mass is 286 g/mol. The molecule has 0 radical (unpaired) electrons. The van der Waals surface area contributed by atoms with E-state index in [1.165, 1.54) is 10.6 Å². The Labute approximate surface area is 123 Å². The summed E-state index contributed by atoms with van der Waals surface area (Å²) >= 11 is 0. The maximum absolute atomic E-state index is 12.2. The molecule has 2 aromatic rings. The van der Waals surface area contributed by atoms with E-state index in [1.54, 1.807) is 31.4 Å². The molecule has 5 nitrogen and oxygen atoms in total. The number of pyridine rings is 1. The van der Waals surface area contributed by atoms with Crippen molar-refractivity contribution in [3.63, 3.8) is 0 Å². The minimum atomic E-state index is -0.340. The summed E-state index contributed by atoms with van der Waals surface area (Å²) in [5, 5.41) is 2.77. The van der Waals surface area contributed by atoms with Crippen molar-refractivity contribution in [3.8, 4) is 5.75 Å². The summed E-state index contributed by atoms with van der Waals surface area (Å²) in [6, 6.07) is 10.1. The fourth-order valence-corrected chi connectivity index (χ4v) is 1.81. The van der Waals surface area contributed by atoms with Crippen molar-refractivity contribution in [2.75, 3.05) is 5.32 Å². The van der Waals surface area contributed by atoms with E-state index in [0.717, 1.165) is 0 Å². The molecule has 0 aliphatic heterocycles. The van der Waals surface area contributed by atoms with Crippen molar-refractivity contribution in [2.24, 2.45) is 7.05 Å². The van der Waals surface area contributed by atoms with Crippen LogP contribution in [0.4, 0.5) is 5.69 Å². The van der Waals surface area contributed by atoms with Crippen LogP contribution in [0.5, 0.6) is 5.75 Å². The lowest BCUT2D eigenvalue weighted by Gasteiger charge is -2.14. The topological polar surface area (TPSA) is 60.3 Å². The quantitative estimate of drug-likeness (QED) is 0.939. The minimum absolute atomic E-state index is 0.00655. The van der Waals surface area contributed by atoms with Crippen molar-refractivity contribution < 1.29 is 9.53 Å². The zero-order valence-corrected chi connectivity index (χ0v) is 12.3. The Morgan fingerprint density at radius 2 is 1.95 bits per heavy atom. The van der Waals surface area contributed by atoms with Gasteiger partial charge < -0.3 is 14.6 Å². The molecule has 0 atom stereocenters. The number of aromatic nitrogens is 1. The third-order valence-electron chi connectivity index (χ3n) is 2.86. The lowest BCUT2D eigenvalue weighted by molar-refractivity contribution is 0.102. The molecule has 1 heterocycles. The van der Waals surface area contributed by atoms with Gasteiger partial charge in [0.2, 0.25) is 0 Å². The molecule has 1 aromatic carbocycles. The maximum atomic E-state index is 12.2. The van der Waals surface area contributed by atoms with Gasteiger partial charge >= 0.3 is 0 Å². The molecule has 2 rings (SSSR count). The standard InChI is InChI=1S/C16H18N2O3/c1-11(2)21-14-7-5-4-6-13(14)17-16(20)12-8-9-18(3)15(19)10-12/h4-11H,1-3H3,(H,17,20). The number of rotatable bonds is 4. The second-order valence-electron chi connectivity index (χ2n) is 4.98. The van der Waals surface area contributed by atoms with Crippen LogP contribution in [0.15, 0.2) is 47.4 Å². The van der Waals surface area contributed by atoms with E-state index in [2.05, 4.69) is 5.32 Å². The Kier molecular flexibility index (Phi) is 4.42. The Morgan fingerprint density at radius 1 is 1.24 bits per heavy atom. The van der Waals surface area contributed by atoms with E-state index in [0.29, 0.717) is 17.0 Å². The summed E-state index contributed by atoms with van der Waals surface area (Å²) < 4.78 is 7.05. The first-order valence-electron chi connectivity index (χ1n) is 6.71. The number of ether oxygens (including phenoxy) is 1. The number of nitrogens with zero attached hydrogens (tertiary/aromatic N) is 1. The highest BCUT2D eigenvalue weighted by Gasteiger charge is 2.11. The molecule has 0 aliphatic rings. The Bertz CT molecular complexity index is 705. The maximum Gasteiger partial charge on any atom is 0.256 e. The highest BCUT2D eigenvalue weighted by Crippen LogP contribution is 2.25. The summed E-state index contributed by atoms with van der Waals surface area (Å²) in [6.45, 7) is 3.83. The van der Waals surface area contributed by atoms with Crippen LogP contribution in [-0.4, -0.2) is 16.6 Å². The third kappa shape index (κ3) is 3.72. The van der Waals surface area contributed by atoms with Crippen LogP contribution in [0.25, 0.3) is 0 Å². The van der Waals surface area contributed by atoms with Crippen LogP contribution in [0.3, 0.4) is 0 Å². The van der Waals surface area contributed by atoms with E-state index >= 15 is 0 Å². The second-order valence-corrected chi connectivity index (χ2v) is 4.98. The number of anilines is 1. The van der Waals surface area contributed by atoms with Crippen LogP contribution >= 0.6 is 0 Å². The van der Waals surface area contributed by atoms with Crippen LogP contribution in [0.1, 0.15) is 24.2 Å². The predicted octanol–water partition coefficient (Wildman–Crippen LogP) is 2.42. The Morgan fingerprint density at radius 3 is 2.62 bits per heavy atom. The molecule has 21 heavy (non-hydrogen) atoms. The summed E-state index contributed by atoms with van der Waals surface area (Å²) in [7, 11) is 1.63. The SMILES string of the molecule is CC(C)Oc1ccccc1NC(=O)c1ccn(C)c(=O)c1. The van der Waals surface area contributed by atoms with Crippen LogP contribution < -0.4 is 15.6 Å². The number of hydrogen-bond donors (Lipinski definition) is 1. The van der Waals surface area contributed by atoms with E-state index in [9.17, 15) is 9.59 Å². The zero-order valence-electron chi connectivity index (χ0n) is 12.3. The molecule has 0 aliphatic carbocycles. The number of nitrogens with one attached hydrogen (secondary N) is 1. The van der Waals surface area contributed by atoms with Crippen molar-refractivity contribution in [1.29, 1.82) is 0 Å². The first kappa shape index (κ1) is 14.8.